The quantitative estimate of drug-likeness (QED) is 0.687. The lowest BCUT2D eigenvalue weighted by molar-refractivity contribution is -0.137. The van der Waals surface area contributed by atoms with Gasteiger partial charge < -0.3 is 5.11 Å². The van der Waals surface area contributed by atoms with Crippen molar-refractivity contribution in [3.63, 3.8) is 0 Å². The summed E-state index contributed by atoms with van der Waals surface area (Å²) in [6.45, 7) is 0.533. The number of terminal acetylenes is 1. The number of carboxylic acid groups (broad SMARTS) is 1. The van der Waals surface area contributed by atoms with Crippen molar-refractivity contribution in [1.29, 1.82) is 0 Å². The van der Waals surface area contributed by atoms with Gasteiger partial charge >= 0.3 is 5.97 Å². The van der Waals surface area contributed by atoms with Gasteiger partial charge in [-0.1, -0.05) is 5.92 Å². The fourth-order valence-corrected chi connectivity index (χ4v) is 2.64. The van der Waals surface area contributed by atoms with Crippen LogP contribution in [0.15, 0.2) is 11.1 Å². The number of hydrogen-bond donors (Lipinski definition) is 2. The van der Waals surface area contributed by atoms with E-state index in [1.165, 1.54) is 6.92 Å². The highest BCUT2D eigenvalue weighted by Gasteiger charge is 2.28. The van der Waals surface area contributed by atoms with Crippen LogP contribution in [0.1, 0.15) is 5.69 Å². The van der Waals surface area contributed by atoms with Crippen LogP contribution in [0.4, 0.5) is 0 Å². The number of aromatic nitrogens is 2. The summed E-state index contributed by atoms with van der Waals surface area (Å²) in [6.07, 6.45) is 6.14. The van der Waals surface area contributed by atoms with Crippen molar-refractivity contribution < 1.29 is 18.3 Å². The molecule has 0 aliphatic heterocycles. The molecule has 7 nitrogen and oxygen atoms in total. The van der Waals surface area contributed by atoms with E-state index in [1.807, 2.05) is 0 Å². The molecular weight excluding hydrogens is 246 g/mol. The zero-order valence-corrected chi connectivity index (χ0v) is 9.86. The fourth-order valence-electron chi connectivity index (χ4n) is 1.22. The first-order valence-electron chi connectivity index (χ1n) is 4.55. The molecule has 92 valence electrons. The first-order valence-corrected chi connectivity index (χ1v) is 5.99. The maximum absolute atomic E-state index is 12.0. The average molecular weight is 257 g/mol. The van der Waals surface area contributed by atoms with Crippen molar-refractivity contribution in [2.24, 2.45) is 0 Å². The fraction of sp³-hybridized carbons (Fsp3) is 0.333. The van der Waals surface area contributed by atoms with Gasteiger partial charge in [-0.15, -0.1) is 6.42 Å². The smallest absolute Gasteiger partial charge is 0.318 e. The van der Waals surface area contributed by atoms with Crippen molar-refractivity contribution in [2.75, 3.05) is 13.1 Å². The topological polar surface area (TPSA) is 103 Å². The number of aryl methyl sites for hydroxylation is 1. The largest absolute Gasteiger partial charge is 0.480 e. The third-order valence-corrected chi connectivity index (χ3v) is 3.89. The van der Waals surface area contributed by atoms with Crippen molar-refractivity contribution in [2.45, 2.75) is 11.8 Å². The van der Waals surface area contributed by atoms with Crippen LogP contribution in [0.5, 0.6) is 0 Å². The molecule has 0 radical (unpaired) electrons. The molecule has 1 aromatic heterocycles. The van der Waals surface area contributed by atoms with Crippen LogP contribution in [0, 0.1) is 19.3 Å². The van der Waals surface area contributed by atoms with E-state index in [2.05, 4.69) is 16.1 Å². The number of carboxylic acids is 1. The van der Waals surface area contributed by atoms with E-state index in [9.17, 15) is 13.2 Å². The molecule has 0 unspecified atom stereocenters. The van der Waals surface area contributed by atoms with Crippen molar-refractivity contribution in [1.82, 2.24) is 14.5 Å². The molecule has 0 aromatic carbocycles. The van der Waals surface area contributed by atoms with Crippen molar-refractivity contribution in [3.05, 3.63) is 11.9 Å². The molecule has 0 saturated carbocycles. The maximum Gasteiger partial charge on any atom is 0.318 e. The summed E-state index contributed by atoms with van der Waals surface area (Å²) in [5.41, 5.74) is 0.331. The monoisotopic (exact) mass is 257 g/mol. The summed E-state index contributed by atoms with van der Waals surface area (Å²) < 4.78 is 24.8. The van der Waals surface area contributed by atoms with Gasteiger partial charge in [0.05, 0.1) is 18.4 Å². The Morgan fingerprint density at radius 3 is 2.76 bits per heavy atom. The lowest BCUT2D eigenvalue weighted by Gasteiger charge is -2.16. The molecule has 17 heavy (non-hydrogen) atoms. The third-order valence-electron chi connectivity index (χ3n) is 1.98. The van der Waals surface area contributed by atoms with Gasteiger partial charge in [-0.2, -0.15) is 9.40 Å². The minimum Gasteiger partial charge on any atom is -0.480 e. The molecule has 1 rings (SSSR count). The Labute approximate surface area is 98.5 Å². The molecule has 0 atom stereocenters. The summed E-state index contributed by atoms with van der Waals surface area (Å²) in [6, 6.07) is 0. The summed E-state index contributed by atoms with van der Waals surface area (Å²) >= 11 is 0. The molecule has 0 spiro atoms. The predicted octanol–water partition coefficient (Wildman–Crippen LogP) is -0.573. The summed E-state index contributed by atoms with van der Waals surface area (Å²) in [5, 5.41) is 14.7. The van der Waals surface area contributed by atoms with Crippen LogP contribution in [-0.4, -0.2) is 47.1 Å². The van der Waals surface area contributed by atoms with Gasteiger partial charge in [0, 0.05) is 0 Å². The molecule has 1 aromatic rings. The zero-order valence-electron chi connectivity index (χ0n) is 9.04. The van der Waals surface area contributed by atoms with Gasteiger partial charge in [0.2, 0.25) is 10.0 Å². The second kappa shape index (κ2) is 4.99. The second-order valence-electron chi connectivity index (χ2n) is 3.23. The molecule has 0 saturated heterocycles. The van der Waals surface area contributed by atoms with Crippen LogP contribution in [0.25, 0.3) is 0 Å². The van der Waals surface area contributed by atoms with E-state index in [0.29, 0.717) is 10.00 Å². The number of sulfonamides is 1. The Balaban J connectivity index is 3.14. The van der Waals surface area contributed by atoms with Crippen LogP contribution in [-0.2, 0) is 14.8 Å². The van der Waals surface area contributed by atoms with Crippen molar-refractivity contribution >= 4 is 16.0 Å². The number of nitrogens with zero attached hydrogens (tertiary/aromatic N) is 2. The van der Waals surface area contributed by atoms with Gasteiger partial charge in [0.1, 0.15) is 11.4 Å². The highest BCUT2D eigenvalue weighted by atomic mass is 32.2. The van der Waals surface area contributed by atoms with E-state index in [-0.39, 0.29) is 11.4 Å². The van der Waals surface area contributed by atoms with E-state index in [1.54, 1.807) is 0 Å². The van der Waals surface area contributed by atoms with E-state index in [0.717, 1.165) is 6.20 Å². The minimum atomic E-state index is -3.93. The van der Waals surface area contributed by atoms with Gasteiger partial charge in [-0.3, -0.25) is 9.89 Å². The molecule has 1 heterocycles. The van der Waals surface area contributed by atoms with Gasteiger partial charge in [0.15, 0.2) is 0 Å². The standard InChI is InChI=1S/C9H11N3O4S/c1-3-4-12(6-9(13)14)17(15,16)8-5-10-11-7(8)2/h1,5H,4,6H2,2H3,(H,10,11)(H,13,14). The molecule has 0 aliphatic carbocycles. The number of aromatic amines is 1. The third kappa shape index (κ3) is 2.83. The second-order valence-corrected chi connectivity index (χ2v) is 5.14. The number of H-pyrrole nitrogens is 1. The normalized spacial score (nSPS) is 11.4. The minimum absolute atomic E-state index is 0.0750. The Bertz CT molecular complexity index is 555. The highest BCUT2D eigenvalue weighted by Crippen LogP contribution is 2.16. The zero-order chi connectivity index (χ0) is 13.1. The summed E-state index contributed by atoms with van der Waals surface area (Å²) in [7, 11) is -3.93. The van der Waals surface area contributed by atoms with E-state index in [4.69, 9.17) is 11.5 Å². The van der Waals surface area contributed by atoms with E-state index < -0.39 is 22.5 Å². The van der Waals surface area contributed by atoms with Crippen LogP contribution in [0.2, 0.25) is 0 Å². The van der Waals surface area contributed by atoms with Gasteiger partial charge in [-0.05, 0) is 6.92 Å². The van der Waals surface area contributed by atoms with Crippen LogP contribution < -0.4 is 0 Å². The highest BCUT2D eigenvalue weighted by molar-refractivity contribution is 7.89. The van der Waals surface area contributed by atoms with Gasteiger partial charge in [0.25, 0.3) is 0 Å². The predicted molar refractivity (Wildman–Crippen MR) is 58.6 cm³/mol. The lowest BCUT2D eigenvalue weighted by atomic mass is 10.5. The molecule has 0 aliphatic rings. The Morgan fingerprint density at radius 2 is 2.35 bits per heavy atom. The molecular formula is C9H11N3O4S. The molecule has 2 N–H and O–H groups in total. The molecule has 0 fully saturated rings. The summed E-state index contributed by atoms with van der Waals surface area (Å²) in [4.78, 5) is 10.5. The van der Waals surface area contributed by atoms with Crippen LogP contribution >= 0.6 is 0 Å². The Kier molecular flexibility index (Phi) is 3.88. The van der Waals surface area contributed by atoms with Crippen molar-refractivity contribution in [3.8, 4) is 12.3 Å². The SMILES string of the molecule is C#CCN(CC(=O)O)S(=O)(=O)c1cn[nH]c1C. The Hall–Kier alpha value is -1.85. The molecule has 0 amide bonds. The first kappa shape index (κ1) is 13.2. The van der Waals surface area contributed by atoms with Crippen LogP contribution in [0.3, 0.4) is 0 Å². The maximum atomic E-state index is 12.0. The summed E-state index contributed by atoms with van der Waals surface area (Å²) in [5.74, 6) is 0.840. The number of nitrogens with one attached hydrogen (secondary N) is 1. The van der Waals surface area contributed by atoms with Gasteiger partial charge in [-0.25, -0.2) is 8.42 Å². The Morgan fingerprint density at radius 1 is 1.71 bits per heavy atom. The molecule has 8 heteroatoms. The number of carbonyl (C=O) groups is 1. The molecule has 0 bridgehead atoms. The number of rotatable bonds is 5. The van der Waals surface area contributed by atoms with E-state index >= 15 is 0 Å². The first-order chi connectivity index (χ1) is 7.89. The number of hydrogen-bond acceptors (Lipinski definition) is 4. The average Bonchev–Trinajstić information content (AvgIpc) is 2.63. The lowest BCUT2D eigenvalue weighted by Crippen LogP contribution is -2.36. The number of aliphatic carboxylic acids is 1.